The highest BCUT2D eigenvalue weighted by molar-refractivity contribution is 5.95. The molecule has 0 aliphatic heterocycles. The van der Waals surface area contributed by atoms with Crippen molar-refractivity contribution in [3.8, 4) is 22.9 Å². The number of nitrogens with zero attached hydrogens (tertiary/aromatic N) is 2. The lowest BCUT2D eigenvalue weighted by molar-refractivity contribution is 0.398. The zero-order valence-corrected chi connectivity index (χ0v) is 15.1. The van der Waals surface area contributed by atoms with E-state index in [1.165, 1.54) is 0 Å². The Bertz CT molecular complexity index is 1060. The first-order valence-corrected chi connectivity index (χ1v) is 8.58. The van der Waals surface area contributed by atoms with Crippen molar-refractivity contribution in [1.82, 2.24) is 9.97 Å². The molecule has 0 saturated heterocycles. The summed E-state index contributed by atoms with van der Waals surface area (Å²) in [6, 6.07) is 21.8. The molecule has 0 aliphatic rings. The van der Waals surface area contributed by atoms with E-state index in [9.17, 15) is 0 Å². The molecule has 2 heterocycles. The van der Waals surface area contributed by atoms with E-state index in [1.807, 2.05) is 60.7 Å². The predicted molar refractivity (Wildman–Crippen MR) is 108 cm³/mol. The maximum absolute atomic E-state index is 5.25. The highest BCUT2D eigenvalue weighted by Crippen LogP contribution is 2.31. The lowest BCUT2D eigenvalue weighted by atomic mass is 10.1. The first kappa shape index (κ1) is 16.8. The fraction of sp³-hybridized carbons (Fsp3) is 0.0909. The molecule has 0 radical (unpaired) electrons. The minimum Gasteiger partial charge on any atom is -0.497 e. The number of para-hydroxylation sites is 1. The fourth-order valence-corrected chi connectivity index (χ4v) is 2.92. The maximum atomic E-state index is 5.25. The van der Waals surface area contributed by atoms with Gasteiger partial charge in [0, 0.05) is 17.0 Å². The zero-order chi connectivity index (χ0) is 18.6. The molecule has 0 bridgehead atoms. The number of fused-ring (bicyclic) bond motifs is 1. The lowest BCUT2D eigenvalue weighted by Crippen LogP contribution is -1.96. The van der Waals surface area contributed by atoms with Crippen molar-refractivity contribution in [2.45, 2.75) is 0 Å². The van der Waals surface area contributed by atoms with Gasteiger partial charge in [0.05, 0.1) is 43.0 Å². The van der Waals surface area contributed by atoms with Gasteiger partial charge in [-0.15, -0.1) is 0 Å². The van der Waals surface area contributed by atoms with Crippen LogP contribution in [0.2, 0.25) is 0 Å². The SMILES string of the molecule is COc1ccc(-c2cc(Nc3ccc(OC)nc3)c3ccccc3n2)cc1. The highest BCUT2D eigenvalue weighted by Gasteiger charge is 2.08. The van der Waals surface area contributed by atoms with E-state index in [4.69, 9.17) is 14.5 Å². The molecular formula is C22H19N3O2. The van der Waals surface area contributed by atoms with Gasteiger partial charge in [0.25, 0.3) is 0 Å². The third-order valence-electron chi connectivity index (χ3n) is 4.33. The number of nitrogens with one attached hydrogen (secondary N) is 1. The predicted octanol–water partition coefficient (Wildman–Crippen LogP) is 5.06. The first-order valence-electron chi connectivity index (χ1n) is 8.58. The smallest absolute Gasteiger partial charge is 0.213 e. The molecule has 2 aromatic heterocycles. The van der Waals surface area contributed by atoms with Crippen molar-refractivity contribution < 1.29 is 9.47 Å². The van der Waals surface area contributed by atoms with Gasteiger partial charge in [-0.25, -0.2) is 9.97 Å². The summed E-state index contributed by atoms with van der Waals surface area (Å²) in [5.41, 5.74) is 4.69. The molecule has 0 spiro atoms. The van der Waals surface area contributed by atoms with Crippen LogP contribution in [0.1, 0.15) is 0 Å². The summed E-state index contributed by atoms with van der Waals surface area (Å²) in [6.45, 7) is 0. The van der Waals surface area contributed by atoms with Crippen molar-refractivity contribution in [1.29, 1.82) is 0 Å². The number of ether oxygens (including phenoxy) is 2. The van der Waals surface area contributed by atoms with Crippen molar-refractivity contribution in [3.63, 3.8) is 0 Å². The summed E-state index contributed by atoms with van der Waals surface area (Å²) >= 11 is 0. The van der Waals surface area contributed by atoms with Gasteiger partial charge in [-0.1, -0.05) is 18.2 Å². The molecule has 0 saturated carbocycles. The highest BCUT2D eigenvalue weighted by atomic mass is 16.5. The van der Waals surface area contributed by atoms with Crippen molar-refractivity contribution in [2.75, 3.05) is 19.5 Å². The number of benzene rings is 2. The van der Waals surface area contributed by atoms with Gasteiger partial charge >= 0.3 is 0 Å². The van der Waals surface area contributed by atoms with Gasteiger partial charge in [0.15, 0.2) is 0 Å². The Morgan fingerprint density at radius 3 is 2.37 bits per heavy atom. The van der Waals surface area contributed by atoms with E-state index in [0.717, 1.165) is 39.3 Å². The van der Waals surface area contributed by atoms with Gasteiger partial charge in [-0.2, -0.15) is 0 Å². The third-order valence-corrected chi connectivity index (χ3v) is 4.33. The van der Waals surface area contributed by atoms with Crippen LogP contribution in [0.15, 0.2) is 72.9 Å². The summed E-state index contributed by atoms with van der Waals surface area (Å²) in [6.07, 6.45) is 1.75. The second-order valence-electron chi connectivity index (χ2n) is 6.01. The summed E-state index contributed by atoms with van der Waals surface area (Å²) in [5.74, 6) is 1.40. The van der Waals surface area contributed by atoms with Crippen LogP contribution >= 0.6 is 0 Å². The number of rotatable bonds is 5. The minimum absolute atomic E-state index is 0.582. The topological polar surface area (TPSA) is 56.3 Å². The molecule has 1 N–H and O–H groups in total. The largest absolute Gasteiger partial charge is 0.497 e. The summed E-state index contributed by atoms with van der Waals surface area (Å²) in [4.78, 5) is 9.07. The molecule has 4 rings (SSSR count). The maximum Gasteiger partial charge on any atom is 0.213 e. The number of anilines is 2. The summed E-state index contributed by atoms with van der Waals surface area (Å²) in [5, 5.41) is 4.50. The van der Waals surface area contributed by atoms with Crippen molar-refractivity contribution >= 4 is 22.3 Å². The van der Waals surface area contributed by atoms with E-state index in [2.05, 4.69) is 16.4 Å². The molecule has 0 unspecified atom stereocenters. The number of hydrogen-bond donors (Lipinski definition) is 1. The van der Waals surface area contributed by atoms with Crippen LogP contribution in [0.5, 0.6) is 11.6 Å². The second kappa shape index (κ2) is 7.33. The lowest BCUT2D eigenvalue weighted by Gasteiger charge is -2.12. The zero-order valence-electron chi connectivity index (χ0n) is 15.1. The molecular weight excluding hydrogens is 338 g/mol. The van der Waals surface area contributed by atoms with Gasteiger partial charge in [-0.3, -0.25) is 0 Å². The Kier molecular flexibility index (Phi) is 4.58. The van der Waals surface area contributed by atoms with E-state index >= 15 is 0 Å². The number of hydrogen-bond acceptors (Lipinski definition) is 5. The summed E-state index contributed by atoms with van der Waals surface area (Å²) < 4.78 is 10.4. The molecule has 5 nitrogen and oxygen atoms in total. The average molecular weight is 357 g/mol. The van der Waals surface area contributed by atoms with E-state index in [0.29, 0.717) is 5.88 Å². The number of pyridine rings is 2. The first-order chi connectivity index (χ1) is 13.3. The average Bonchev–Trinajstić information content (AvgIpc) is 2.74. The third kappa shape index (κ3) is 3.53. The van der Waals surface area contributed by atoms with E-state index < -0.39 is 0 Å². The van der Waals surface area contributed by atoms with Gasteiger partial charge in [0.1, 0.15) is 5.75 Å². The van der Waals surface area contributed by atoms with Gasteiger partial charge in [0.2, 0.25) is 5.88 Å². The molecule has 134 valence electrons. The fourth-order valence-electron chi connectivity index (χ4n) is 2.92. The molecule has 0 atom stereocenters. The van der Waals surface area contributed by atoms with Crippen LogP contribution in [0.3, 0.4) is 0 Å². The van der Waals surface area contributed by atoms with E-state index in [1.54, 1.807) is 20.4 Å². The number of aromatic nitrogens is 2. The monoisotopic (exact) mass is 357 g/mol. The Morgan fingerprint density at radius 1 is 0.852 bits per heavy atom. The Labute approximate surface area is 157 Å². The van der Waals surface area contributed by atoms with Crippen LogP contribution < -0.4 is 14.8 Å². The van der Waals surface area contributed by atoms with Gasteiger partial charge < -0.3 is 14.8 Å². The molecule has 0 aliphatic carbocycles. The standard InChI is InChI=1S/C22H19N3O2/c1-26-17-10-7-15(8-11-17)20-13-21(18-5-3-4-6-19(18)25-20)24-16-9-12-22(27-2)23-14-16/h3-14H,1-2H3,(H,24,25). The molecule has 0 fully saturated rings. The summed E-state index contributed by atoms with van der Waals surface area (Å²) in [7, 11) is 3.27. The van der Waals surface area contributed by atoms with E-state index in [-0.39, 0.29) is 0 Å². The van der Waals surface area contributed by atoms with Gasteiger partial charge in [-0.05, 0) is 42.5 Å². The Hall–Kier alpha value is -3.60. The molecule has 5 heteroatoms. The van der Waals surface area contributed by atoms with Crippen LogP contribution in [-0.2, 0) is 0 Å². The minimum atomic E-state index is 0.582. The quantitative estimate of drug-likeness (QED) is 0.541. The molecule has 0 amide bonds. The van der Waals surface area contributed by atoms with Crippen LogP contribution in [-0.4, -0.2) is 24.2 Å². The molecule has 4 aromatic rings. The van der Waals surface area contributed by atoms with Crippen molar-refractivity contribution in [3.05, 3.63) is 72.9 Å². The van der Waals surface area contributed by atoms with Crippen LogP contribution in [0, 0.1) is 0 Å². The molecule has 27 heavy (non-hydrogen) atoms. The van der Waals surface area contributed by atoms with Crippen molar-refractivity contribution in [2.24, 2.45) is 0 Å². The Balaban J connectivity index is 1.77. The van der Waals surface area contributed by atoms with Crippen LogP contribution in [0.25, 0.3) is 22.2 Å². The molecule has 2 aromatic carbocycles. The Morgan fingerprint density at radius 2 is 1.67 bits per heavy atom. The van der Waals surface area contributed by atoms with Crippen LogP contribution in [0.4, 0.5) is 11.4 Å². The second-order valence-corrected chi connectivity index (χ2v) is 6.01. The number of methoxy groups -OCH3 is 2. The normalized spacial score (nSPS) is 10.6.